The van der Waals surface area contributed by atoms with E-state index >= 15 is 0 Å². The number of anilines is 1. The van der Waals surface area contributed by atoms with Crippen molar-refractivity contribution in [3.63, 3.8) is 0 Å². The van der Waals surface area contributed by atoms with E-state index in [1.165, 1.54) is 11.5 Å². The van der Waals surface area contributed by atoms with Crippen molar-refractivity contribution < 1.29 is 4.74 Å². The van der Waals surface area contributed by atoms with Crippen molar-refractivity contribution in [1.82, 2.24) is 9.36 Å². The van der Waals surface area contributed by atoms with Gasteiger partial charge in [0.05, 0.1) is 0 Å². The van der Waals surface area contributed by atoms with Gasteiger partial charge in [0.15, 0.2) is 5.82 Å². The molecule has 1 heterocycles. The SMILES string of the molecule is COCCC(C)(C)CNc1nc(-c2ccccc2)ns1. The van der Waals surface area contributed by atoms with Crippen LogP contribution in [0.15, 0.2) is 30.3 Å². The van der Waals surface area contributed by atoms with Crippen molar-refractivity contribution >= 4 is 16.7 Å². The summed E-state index contributed by atoms with van der Waals surface area (Å²) in [4.78, 5) is 4.53. The molecule has 0 spiro atoms. The maximum atomic E-state index is 5.14. The van der Waals surface area contributed by atoms with Gasteiger partial charge in [-0.1, -0.05) is 44.2 Å². The predicted molar refractivity (Wildman–Crippen MR) is 84.1 cm³/mol. The number of methoxy groups -OCH3 is 1. The molecule has 0 fully saturated rings. The van der Waals surface area contributed by atoms with E-state index in [1.807, 2.05) is 30.3 Å². The van der Waals surface area contributed by atoms with Crippen LogP contribution < -0.4 is 5.32 Å². The molecule has 2 rings (SSSR count). The van der Waals surface area contributed by atoms with Crippen LogP contribution >= 0.6 is 11.5 Å². The van der Waals surface area contributed by atoms with Crippen molar-refractivity contribution in [2.75, 3.05) is 25.6 Å². The molecule has 0 amide bonds. The Hall–Kier alpha value is -1.46. The zero-order chi connectivity index (χ0) is 14.4. The van der Waals surface area contributed by atoms with Gasteiger partial charge in [0, 0.05) is 37.4 Å². The summed E-state index contributed by atoms with van der Waals surface area (Å²) in [5, 5.41) is 4.24. The summed E-state index contributed by atoms with van der Waals surface area (Å²) in [5.41, 5.74) is 1.23. The molecule has 1 aromatic carbocycles. The van der Waals surface area contributed by atoms with Crippen LogP contribution in [-0.2, 0) is 4.74 Å². The van der Waals surface area contributed by atoms with Crippen LogP contribution in [0.25, 0.3) is 11.4 Å². The lowest BCUT2D eigenvalue weighted by atomic mass is 9.90. The molecule has 108 valence electrons. The van der Waals surface area contributed by atoms with Gasteiger partial charge < -0.3 is 10.1 Å². The Morgan fingerprint density at radius 3 is 2.70 bits per heavy atom. The Balaban J connectivity index is 1.93. The van der Waals surface area contributed by atoms with Crippen LogP contribution in [0, 0.1) is 5.41 Å². The third-order valence-corrected chi connectivity index (χ3v) is 3.83. The second-order valence-electron chi connectivity index (χ2n) is 5.55. The van der Waals surface area contributed by atoms with E-state index in [-0.39, 0.29) is 5.41 Å². The van der Waals surface area contributed by atoms with Gasteiger partial charge in [-0.25, -0.2) is 0 Å². The molecule has 2 aromatic rings. The zero-order valence-corrected chi connectivity index (χ0v) is 13.0. The maximum Gasteiger partial charge on any atom is 0.202 e. The second kappa shape index (κ2) is 6.81. The van der Waals surface area contributed by atoms with Gasteiger partial charge in [-0.3, -0.25) is 0 Å². The number of benzene rings is 1. The summed E-state index contributed by atoms with van der Waals surface area (Å²) < 4.78 is 9.53. The van der Waals surface area contributed by atoms with E-state index in [9.17, 15) is 0 Å². The van der Waals surface area contributed by atoms with Crippen LogP contribution in [0.2, 0.25) is 0 Å². The Morgan fingerprint density at radius 2 is 2.00 bits per heavy atom. The fourth-order valence-corrected chi connectivity index (χ4v) is 2.36. The molecule has 20 heavy (non-hydrogen) atoms. The molecular formula is C15H21N3OS. The molecule has 0 saturated carbocycles. The normalized spacial score (nSPS) is 11.6. The summed E-state index contributed by atoms with van der Waals surface area (Å²) in [6.07, 6.45) is 1.01. The lowest BCUT2D eigenvalue weighted by Crippen LogP contribution is -2.24. The van der Waals surface area contributed by atoms with Crippen LogP contribution in [0.5, 0.6) is 0 Å². The summed E-state index contributed by atoms with van der Waals surface area (Å²) in [5.74, 6) is 0.785. The first-order valence-corrected chi connectivity index (χ1v) is 7.50. The molecule has 0 aliphatic heterocycles. The Bertz CT molecular complexity index is 525. The molecule has 1 aromatic heterocycles. The topological polar surface area (TPSA) is 47.0 Å². The first-order chi connectivity index (χ1) is 9.61. The molecule has 0 saturated heterocycles. The molecule has 1 N–H and O–H groups in total. The van der Waals surface area contributed by atoms with Gasteiger partial charge in [-0.15, -0.1) is 0 Å². The number of aromatic nitrogens is 2. The number of nitrogens with one attached hydrogen (secondary N) is 1. The van der Waals surface area contributed by atoms with E-state index < -0.39 is 0 Å². The number of nitrogens with zero attached hydrogens (tertiary/aromatic N) is 2. The fraction of sp³-hybridized carbons (Fsp3) is 0.467. The molecular weight excluding hydrogens is 270 g/mol. The number of rotatable bonds is 7. The smallest absolute Gasteiger partial charge is 0.202 e. The highest BCUT2D eigenvalue weighted by Gasteiger charge is 2.18. The number of hydrogen-bond acceptors (Lipinski definition) is 5. The average molecular weight is 291 g/mol. The first kappa shape index (κ1) is 14.9. The van der Waals surface area contributed by atoms with Crippen LogP contribution in [0.1, 0.15) is 20.3 Å². The molecule has 0 aliphatic rings. The minimum atomic E-state index is 0.175. The molecule has 0 unspecified atom stereocenters. The van der Waals surface area contributed by atoms with E-state index in [0.29, 0.717) is 0 Å². The largest absolute Gasteiger partial charge is 0.385 e. The number of hydrogen-bond donors (Lipinski definition) is 1. The highest BCUT2D eigenvalue weighted by atomic mass is 32.1. The van der Waals surface area contributed by atoms with Crippen LogP contribution in [-0.4, -0.2) is 29.6 Å². The van der Waals surface area contributed by atoms with Crippen molar-refractivity contribution in [3.05, 3.63) is 30.3 Å². The minimum absolute atomic E-state index is 0.175. The van der Waals surface area contributed by atoms with Gasteiger partial charge >= 0.3 is 0 Å². The van der Waals surface area contributed by atoms with Crippen molar-refractivity contribution in [3.8, 4) is 11.4 Å². The molecule has 4 nitrogen and oxygen atoms in total. The quantitative estimate of drug-likeness (QED) is 0.845. The third kappa shape index (κ3) is 4.28. The predicted octanol–water partition coefficient (Wildman–Crippen LogP) is 3.68. The minimum Gasteiger partial charge on any atom is -0.385 e. The summed E-state index contributed by atoms with van der Waals surface area (Å²) in [6.45, 7) is 6.08. The highest BCUT2D eigenvalue weighted by Crippen LogP contribution is 2.24. The molecule has 0 bridgehead atoms. The molecule has 0 aliphatic carbocycles. The van der Waals surface area contributed by atoms with Gasteiger partial charge in [-0.2, -0.15) is 9.36 Å². The van der Waals surface area contributed by atoms with E-state index in [1.54, 1.807) is 7.11 Å². The molecule has 0 radical (unpaired) electrons. The maximum absolute atomic E-state index is 5.14. The van der Waals surface area contributed by atoms with E-state index in [0.717, 1.165) is 36.1 Å². The lowest BCUT2D eigenvalue weighted by molar-refractivity contribution is 0.157. The number of ether oxygens (including phenoxy) is 1. The van der Waals surface area contributed by atoms with Gasteiger partial charge in [0.1, 0.15) is 0 Å². The highest BCUT2D eigenvalue weighted by molar-refractivity contribution is 7.09. The van der Waals surface area contributed by atoms with Crippen molar-refractivity contribution in [2.24, 2.45) is 5.41 Å². The first-order valence-electron chi connectivity index (χ1n) is 6.73. The average Bonchev–Trinajstić information content (AvgIpc) is 2.93. The third-order valence-electron chi connectivity index (χ3n) is 3.16. The summed E-state index contributed by atoms with van der Waals surface area (Å²) in [7, 11) is 1.74. The summed E-state index contributed by atoms with van der Waals surface area (Å²) >= 11 is 1.41. The van der Waals surface area contributed by atoms with Gasteiger partial charge in [0.2, 0.25) is 5.13 Å². The van der Waals surface area contributed by atoms with E-state index in [4.69, 9.17) is 4.74 Å². The van der Waals surface area contributed by atoms with Crippen molar-refractivity contribution in [1.29, 1.82) is 0 Å². The Kier molecular flexibility index (Phi) is 5.09. The fourth-order valence-electron chi connectivity index (χ4n) is 1.78. The second-order valence-corrected chi connectivity index (χ2v) is 6.30. The van der Waals surface area contributed by atoms with Crippen molar-refractivity contribution in [2.45, 2.75) is 20.3 Å². The van der Waals surface area contributed by atoms with Gasteiger partial charge in [0.25, 0.3) is 0 Å². The lowest BCUT2D eigenvalue weighted by Gasteiger charge is -2.24. The summed E-state index contributed by atoms with van der Waals surface area (Å²) in [6, 6.07) is 10.0. The molecule has 5 heteroatoms. The Morgan fingerprint density at radius 1 is 1.25 bits per heavy atom. The zero-order valence-electron chi connectivity index (χ0n) is 12.2. The Labute approximate surface area is 124 Å². The monoisotopic (exact) mass is 291 g/mol. The van der Waals surface area contributed by atoms with Crippen LogP contribution in [0.4, 0.5) is 5.13 Å². The molecule has 0 atom stereocenters. The van der Waals surface area contributed by atoms with Crippen LogP contribution in [0.3, 0.4) is 0 Å². The standard InChI is InChI=1S/C15H21N3OS/c1-15(2,9-10-19-3)11-16-14-17-13(18-20-14)12-7-5-4-6-8-12/h4-8H,9-11H2,1-3H3,(H,16,17,18). The van der Waals surface area contributed by atoms with Gasteiger partial charge in [-0.05, 0) is 11.8 Å². The van der Waals surface area contributed by atoms with E-state index in [2.05, 4.69) is 28.5 Å².